The van der Waals surface area contributed by atoms with Gasteiger partial charge in [-0.1, -0.05) is 18.2 Å². The lowest BCUT2D eigenvalue weighted by Gasteiger charge is -2.07. The average molecular weight is 326 g/mol. The molecule has 0 aromatic heterocycles. The zero-order chi connectivity index (χ0) is 17.4. The molecule has 24 heavy (non-hydrogen) atoms. The third-order valence-electron chi connectivity index (χ3n) is 3.30. The highest BCUT2D eigenvalue weighted by atomic mass is 16.5. The van der Waals surface area contributed by atoms with Gasteiger partial charge in [-0.05, 0) is 36.4 Å². The largest absolute Gasteiger partial charge is 0.465 e. The Kier molecular flexibility index (Phi) is 6.08. The summed E-state index contributed by atoms with van der Waals surface area (Å²) in [7, 11) is 1.30. The van der Waals surface area contributed by atoms with Crippen molar-refractivity contribution in [2.45, 2.75) is 0 Å². The van der Waals surface area contributed by atoms with Gasteiger partial charge in [-0.15, -0.1) is 0 Å². The fraction of sp³-hybridized carbons (Fsp3) is 0.167. The first kappa shape index (κ1) is 17.2. The lowest BCUT2D eigenvalue weighted by molar-refractivity contribution is 0.0600. The summed E-state index contributed by atoms with van der Waals surface area (Å²) in [6.45, 7) is 0.621. The summed E-state index contributed by atoms with van der Waals surface area (Å²) in [6, 6.07) is 15.0. The molecule has 2 aromatic carbocycles. The molecule has 0 bridgehead atoms. The predicted octanol–water partition coefficient (Wildman–Crippen LogP) is 1.63. The molecule has 0 aliphatic heterocycles. The van der Waals surface area contributed by atoms with Crippen molar-refractivity contribution in [3.63, 3.8) is 0 Å². The smallest absolute Gasteiger partial charge is 0.337 e. The van der Waals surface area contributed by atoms with E-state index in [2.05, 4.69) is 15.4 Å². The Labute approximate surface area is 139 Å². The summed E-state index contributed by atoms with van der Waals surface area (Å²) in [6.07, 6.45) is 0. The molecule has 6 heteroatoms. The van der Waals surface area contributed by atoms with Crippen LogP contribution in [-0.2, 0) is 4.74 Å². The Morgan fingerprint density at radius 1 is 0.750 bits per heavy atom. The number of carbonyl (C=O) groups excluding carboxylic acids is 3. The molecule has 0 saturated carbocycles. The zero-order valence-corrected chi connectivity index (χ0v) is 13.2. The molecular weight excluding hydrogens is 308 g/mol. The molecule has 0 saturated heterocycles. The van der Waals surface area contributed by atoms with E-state index < -0.39 is 5.97 Å². The Morgan fingerprint density at radius 3 is 1.71 bits per heavy atom. The first-order chi connectivity index (χ1) is 11.6. The van der Waals surface area contributed by atoms with Gasteiger partial charge in [0, 0.05) is 24.2 Å². The molecule has 0 aliphatic carbocycles. The first-order valence-corrected chi connectivity index (χ1v) is 7.41. The van der Waals surface area contributed by atoms with Crippen LogP contribution in [0.1, 0.15) is 31.1 Å². The lowest BCUT2D eigenvalue weighted by Crippen LogP contribution is -2.34. The van der Waals surface area contributed by atoms with Crippen LogP contribution in [0.2, 0.25) is 0 Å². The van der Waals surface area contributed by atoms with Crippen LogP contribution in [0, 0.1) is 0 Å². The van der Waals surface area contributed by atoms with Crippen molar-refractivity contribution < 1.29 is 19.1 Å². The van der Waals surface area contributed by atoms with E-state index >= 15 is 0 Å². The number of rotatable bonds is 6. The van der Waals surface area contributed by atoms with Crippen molar-refractivity contribution >= 4 is 17.8 Å². The van der Waals surface area contributed by atoms with Crippen molar-refractivity contribution in [2.24, 2.45) is 0 Å². The second-order valence-corrected chi connectivity index (χ2v) is 4.95. The minimum atomic E-state index is -0.453. The van der Waals surface area contributed by atoms with E-state index in [9.17, 15) is 14.4 Å². The third-order valence-corrected chi connectivity index (χ3v) is 3.30. The quantitative estimate of drug-likeness (QED) is 0.624. The average Bonchev–Trinajstić information content (AvgIpc) is 2.65. The van der Waals surface area contributed by atoms with Gasteiger partial charge in [0.1, 0.15) is 0 Å². The Morgan fingerprint density at radius 2 is 1.21 bits per heavy atom. The fourth-order valence-electron chi connectivity index (χ4n) is 2.02. The molecule has 0 radical (unpaired) electrons. The minimum absolute atomic E-state index is 0.188. The highest BCUT2D eigenvalue weighted by Crippen LogP contribution is 2.05. The van der Waals surface area contributed by atoms with E-state index in [0.29, 0.717) is 29.8 Å². The normalized spacial score (nSPS) is 9.88. The molecule has 124 valence electrons. The Hall–Kier alpha value is -3.15. The minimum Gasteiger partial charge on any atom is -0.465 e. The maximum Gasteiger partial charge on any atom is 0.337 e. The standard InChI is InChI=1S/C18H18N2O4/c1-24-18(23)15-9-7-14(8-10-15)17(22)20-12-11-19-16(21)13-5-3-2-4-6-13/h2-10H,11-12H2,1H3,(H,19,21)(H,20,22). The van der Waals surface area contributed by atoms with Gasteiger partial charge in [-0.3, -0.25) is 9.59 Å². The first-order valence-electron chi connectivity index (χ1n) is 7.41. The van der Waals surface area contributed by atoms with Gasteiger partial charge in [0.05, 0.1) is 12.7 Å². The van der Waals surface area contributed by atoms with Crippen LogP contribution >= 0.6 is 0 Å². The van der Waals surface area contributed by atoms with Crippen molar-refractivity contribution in [1.82, 2.24) is 10.6 Å². The molecule has 2 aromatic rings. The van der Waals surface area contributed by atoms with Crippen molar-refractivity contribution in [3.8, 4) is 0 Å². The van der Waals surface area contributed by atoms with Crippen molar-refractivity contribution in [1.29, 1.82) is 0 Å². The van der Waals surface area contributed by atoms with E-state index in [1.165, 1.54) is 19.2 Å². The number of hydrogen-bond donors (Lipinski definition) is 2. The van der Waals surface area contributed by atoms with Gasteiger partial charge in [0.15, 0.2) is 0 Å². The number of hydrogen-bond acceptors (Lipinski definition) is 4. The molecule has 0 unspecified atom stereocenters. The van der Waals surface area contributed by atoms with Gasteiger partial charge >= 0.3 is 5.97 Å². The van der Waals surface area contributed by atoms with Crippen LogP contribution in [0.4, 0.5) is 0 Å². The van der Waals surface area contributed by atoms with Crippen LogP contribution in [0.25, 0.3) is 0 Å². The maximum absolute atomic E-state index is 12.0. The number of nitrogens with one attached hydrogen (secondary N) is 2. The summed E-state index contributed by atoms with van der Waals surface area (Å²) >= 11 is 0. The summed E-state index contributed by atoms with van der Waals surface area (Å²) in [5.74, 6) is -0.918. The number of esters is 1. The predicted molar refractivity (Wildman–Crippen MR) is 88.9 cm³/mol. The van der Waals surface area contributed by atoms with E-state index in [0.717, 1.165) is 0 Å². The third kappa shape index (κ3) is 4.67. The molecule has 2 rings (SSSR count). The van der Waals surface area contributed by atoms with Gasteiger partial charge in [-0.25, -0.2) is 4.79 Å². The van der Waals surface area contributed by atoms with Crippen molar-refractivity contribution in [3.05, 3.63) is 71.3 Å². The van der Waals surface area contributed by atoms with E-state index in [1.807, 2.05) is 6.07 Å². The molecule has 0 atom stereocenters. The second kappa shape index (κ2) is 8.47. The molecule has 0 spiro atoms. The van der Waals surface area contributed by atoms with E-state index in [4.69, 9.17) is 0 Å². The van der Waals surface area contributed by atoms with Gasteiger partial charge < -0.3 is 15.4 Å². The number of benzene rings is 2. The molecule has 6 nitrogen and oxygen atoms in total. The van der Waals surface area contributed by atoms with Crippen LogP contribution < -0.4 is 10.6 Å². The number of amides is 2. The van der Waals surface area contributed by atoms with E-state index in [1.54, 1.807) is 36.4 Å². The zero-order valence-electron chi connectivity index (χ0n) is 13.2. The number of methoxy groups -OCH3 is 1. The topological polar surface area (TPSA) is 84.5 Å². The highest BCUT2D eigenvalue weighted by molar-refractivity contribution is 5.96. The van der Waals surface area contributed by atoms with Gasteiger partial charge in [0.2, 0.25) is 0 Å². The summed E-state index contributed by atoms with van der Waals surface area (Å²) in [5.41, 5.74) is 1.38. The molecule has 2 N–H and O–H groups in total. The SMILES string of the molecule is COC(=O)c1ccc(C(=O)NCCNC(=O)c2ccccc2)cc1. The highest BCUT2D eigenvalue weighted by Gasteiger charge is 2.09. The molecular formula is C18H18N2O4. The lowest BCUT2D eigenvalue weighted by atomic mass is 10.1. The molecule has 2 amide bonds. The maximum atomic E-state index is 12.0. The molecule has 0 aliphatic rings. The molecule has 0 fully saturated rings. The van der Waals surface area contributed by atoms with Gasteiger partial charge in [0.25, 0.3) is 11.8 Å². The Balaban J connectivity index is 1.77. The molecule has 0 heterocycles. The van der Waals surface area contributed by atoms with Crippen LogP contribution in [-0.4, -0.2) is 38.0 Å². The number of ether oxygens (including phenoxy) is 1. The number of carbonyl (C=O) groups is 3. The van der Waals surface area contributed by atoms with Crippen molar-refractivity contribution in [2.75, 3.05) is 20.2 Å². The van der Waals surface area contributed by atoms with E-state index in [-0.39, 0.29) is 11.8 Å². The fourth-order valence-corrected chi connectivity index (χ4v) is 2.02. The second-order valence-electron chi connectivity index (χ2n) is 4.95. The summed E-state index contributed by atoms with van der Waals surface area (Å²) in [4.78, 5) is 35.1. The summed E-state index contributed by atoms with van der Waals surface area (Å²) in [5, 5.41) is 5.42. The summed E-state index contributed by atoms with van der Waals surface area (Å²) < 4.78 is 4.60. The monoisotopic (exact) mass is 326 g/mol. The van der Waals surface area contributed by atoms with Gasteiger partial charge in [-0.2, -0.15) is 0 Å². The van der Waals surface area contributed by atoms with Crippen LogP contribution in [0.5, 0.6) is 0 Å². The Bertz CT molecular complexity index is 712. The van der Waals surface area contributed by atoms with Crippen LogP contribution in [0.15, 0.2) is 54.6 Å². The van der Waals surface area contributed by atoms with Crippen LogP contribution in [0.3, 0.4) is 0 Å².